The van der Waals surface area contributed by atoms with E-state index in [1.165, 1.54) is 57.7 Å². The molecule has 3 aromatic rings. The minimum absolute atomic E-state index is 0.00334. The van der Waals surface area contributed by atoms with E-state index < -0.39 is 38.3 Å². The number of terminal acetylenes is 1. The molecule has 1 amide bonds. The van der Waals surface area contributed by atoms with E-state index in [0.29, 0.717) is 12.0 Å². The van der Waals surface area contributed by atoms with Gasteiger partial charge in [-0.15, -0.1) is 6.42 Å². The Labute approximate surface area is 303 Å². The number of amides is 1. The van der Waals surface area contributed by atoms with E-state index in [4.69, 9.17) is 20.3 Å². The summed E-state index contributed by atoms with van der Waals surface area (Å²) >= 11 is 0. The second kappa shape index (κ2) is 18.2. The number of anilines is 1. The molecule has 278 valence electrons. The number of benzene rings is 1. The number of unbranched alkanes of at least 4 members (excludes halogenated alkanes) is 10. The highest BCUT2D eigenvalue weighted by atomic mass is 28.4. The van der Waals surface area contributed by atoms with Crippen molar-refractivity contribution in [2.24, 2.45) is 0 Å². The lowest BCUT2D eigenvalue weighted by atomic mass is 9.99. The number of halogens is 1. The molecule has 0 unspecified atom stereocenters. The number of nitrogens with zero attached hydrogens (tertiary/aromatic N) is 4. The Balaban J connectivity index is 1.44. The van der Waals surface area contributed by atoms with E-state index in [2.05, 4.69) is 67.0 Å². The second-order valence-electron chi connectivity index (χ2n) is 15.1. The molecule has 1 aliphatic heterocycles. The van der Waals surface area contributed by atoms with Gasteiger partial charge in [0.25, 0.3) is 0 Å². The van der Waals surface area contributed by atoms with Crippen molar-refractivity contribution in [1.29, 1.82) is 0 Å². The van der Waals surface area contributed by atoms with Gasteiger partial charge in [-0.1, -0.05) is 116 Å². The average molecular weight is 722 g/mol. The molecular weight excluding hydrogens is 666 g/mol. The van der Waals surface area contributed by atoms with Crippen LogP contribution in [0.25, 0.3) is 11.2 Å². The molecule has 4 rings (SSSR count). The van der Waals surface area contributed by atoms with Gasteiger partial charge >= 0.3 is 12.0 Å². The Morgan fingerprint density at radius 2 is 1.67 bits per heavy atom. The van der Waals surface area contributed by atoms with Gasteiger partial charge in [0.2, 0.25) is 5.91 Å². The fraction of sp³-hybridized carbons (Fsp3) is 0.615. The number of imidazole rings is 1. The second-order valence-corrected chi connectivity index (χ2v) is 19.9. The van der Waals surface area contributed by atoms with Crippen LogP contribution < -0.4 is 5.32 Å². The minimum atomic E-state index is -2.40. The number of hydrogen-bond donors (Lipinski definition) is 1. The fourth-order valence-corrected chi connectivity index (χ4v) is 7.40. The van der Waals surface area contributed by atoms with Crippen LogP contribution in [0.4, 0.5) is 10.2 Å². The van der Waals surface area contributed by atoms with E-state index in [0.717, 1.165) is 19.3 Å². The number of aromatic nitrogens is 4. The van der Waals surface area contributed by atoms with Gasteiger partial charge in [0, 0.05) is 12.8 Å². The molecule has 0 spiro atoms. The van der Waals surface area contributed by atoms with E-state index in [1.54, 1.807) is 28.8 Å². The third-order valence-electron chi connectivity index (χ3n) is 10.2. The molecule has 2 aromatic heterocycles. The Kier molecular flexibility index (Phi) is 14.3. The third-order valence-corrected chi connectivity index (χ3v) is 14.7. The molecule has 3 heterocycles. The first-order valence-electron chi connectivity index (χ1n) is 18.6. The SMILES string of the molecule is C#C[C@]1(COC(=O)c2ccccc2)O[C@@H](n2cnc3c(NC(=O)CCCCCCCCCCCCC)nc(F)nc32)C[C@@H]1O[Si](C)(C)C(C)(C)C. The van der Waals surface area contributed by atoms with Crippen LogP contribution in [-0.4, -0.2) is 58.0 Å². The van der Waals surface area contributed by atoms with Crippen LogP contribution in [0, 0.1) is 18.4 Å². The molecule has 12 heteroatoms. The fourth-order valence-electron chi connectivity index (χ4n) is 6.04. The lowest BCUT2D eigenvalue weighted by Crippen LogP contribution is -2.52. The van der Waals surface area contributed by atoms with Crippen LogP contribution in [0.1, 0.15) is 128 Å². The maximum atomic E-state index is 14.9. The van der Waals surface area contributed by atoms with Crippen LogP contribution in [0.2, 0.25) is 18.1 Å². The number of carbonyl (C=O) groups is 2. The molecule has 10 nitrogen and oxygen atoms in total. The van der Waals surface area contributed by atoms with Crippen LogP contribution in [0.5, 0.6) is 0 Å². The molecule has 1 aromatic carbocycles. The van der Waals surface area contributed by atoms with Crippen LogP contribution in [-0.2, 0) is 18.7 Å². The molecule has 0 radical (unpaired) electrons. The van der Waals surface area contributed by atoms with Crippen molar-refractivity contribution in [3.8, 4) is 12.3 Å². The van der Waals surface area contributed by atoms with Crippen molar-refractivity contribution >= 4 is 37.2 Å². The number of ether oxygens (including phenoxy) is 2. The van der Waals surface area contributed by atoms with Crippen molar-refractivity contribution < 1.29 is 27.9 Å². The Bertz CT molecular complexity index is 1640. The van der Waals surface area contributed by atoms with E-state index in [9.17, 15) is 14.0 Å². The summed E-state index contributed by atoms with van der Waals surface area (Å²) in [6.07, 6.45) is 18.7. The van der Waals surface area contributed by atoms with Gasteiger partial charge in [-0.2, -0.15) is 14.4 Å². The maximum Gasteiger partial charge on any atom is 0.338 e. The molecular formula is C39H56FN5O5Si. The number of carbonyl (C=O) groups excluding carboxylic acids is 2. The van der Waals surface area contributed by atoms with Gasteiger partial charge in [0.15, 0.2) is 30.9 Å². The highest BCUT2D eigenvalue weighted by Crippen LogP contribution is 2.45. The minimum Gasteiger partial charge on any atom is -0.458 e. The highest BCUT2D eigenvalue weighted by molar-refractivity contribution is 6.74. The molecule has 51 heavy (non-hydrogen) atoms. The van der Waals surface area contributed by atoms with E-state index in [-0.39, 0.29) is 41.0 Å². The Morgan fingerprint density at radius 3 is 2.27 bits per heavy atom. The van der Waals surface area contributed by atoms with Gasteiger partial charge < -0.3 is 19.2 Å². The quantitative estimate of drug-likeness (QED) is 0.0428. The summed E-state index contributed by atoms with van der Waals surface area (Å²) in [5, 5.41) is 2.59. The predicted molar refractivity (Wildman–Crippen MR) is 200 cm³/mol. The van der Waals surface area contributed by atoms with Gasteiger partial charge in [-0.25, -0.2) is 9.78 Å². The summed E-state index contributed by atoms with van der Waals surface area (Å²) in [6, 6.07) is 8.63. The predicted octanol–water partition coefficient (Wildman–Crippen LogP) is 9.14. The summed E-state index contributed by atoms with van der Waals surface area (Å²) in [5.41, 5.74) is -0.703. The number of nitrogens with one attached hydrogen (secondary N) is 1. The first-order chi connectivity index (χ1) is 24.3. The molecule has 3 atom stereocenters. The summed E-state index contributed by atoms with van der Waals surface area (Å²) in [7, 11) is -2.40. The largest absolute Gasteiger partial charge is 0.458 e. The van der Waals surface area contributed by atoms with Crippen LogP contribution >= 0.6 is 0 Å². The molecule has 1 fully saturated rings. The van der Waals surface area contributed by atoms with Crippen molar-refractivity contribution in [3.63, 3.8) is 0 Å². The van der Waals surface area contributed by atoms with Gasteiger partial charge in [-0.05, 0) is 36.7 Å². The average Bonchev–Trinajstić information content (AvgIpc) is 3.67. The van der Waals surface area contributed by atoms with E-state index in [1.807, 2.05) is 6.07 Å². The summed E-state index contributed by atoms with van der Waals surface area (Å²) in [5.74, 6) is 1.94. The van der Waals surface area contributed by atoms with E-state index >= 15 is 0 Å². The summed E-state index contributed by atoms with van der Waals surface area (Å²) in [6.45, 7) is 12.6. The van der Waals surface area contributed by atoms with Crippen molar-refractivity contribution in [3.05, 3.63) is 48.3 Å². The van der Waals surface area contributed by atoms with Gasteiger partial charge in [0.1, 0.15) is 12.8 Å². The Morgan fingerprint density at radius 1 is 1.04 bits per heavy atom. The summed E-state index contributed by atoms with van der Waals surface area (Å²) in [4.78, 5) is 38.2. The lowest BCUT2D eigenvalue weighted by molar-refractivity contribution is -0.116. The molecule has 1 saturated heterocycles. The first-order valence-corrected chi connectivity index (χ1v) is 21.5. The van der Waals surface area contributed by atoms with Gasteiger partial charge in [0.05, 0.1) is 18.0 Å². The molecule has 1 aliphatic rings. The molecule has 0 bridgehead atoms. The zero-order valence-corrected chi connectivity index (χ0v) is 32.3. The summed E-state index contributed by atoms with van der Waals surface area (Å²) < 4.78 is 35.5. The maximum absolute atomic E-state index is 14.9. The zero-order valence-electron chi connectivity index (χ0n) is 31.3. The molecule has 0 saturated carbocycles. The number of hydrogen-bond acceptors (Lipinski definition) is 8. The zero-order chi connectivity index (χ0) is 37.1. The number of rotatable bonds is 19. The molecule has 1 N–H and O–H groups in total. The number of fused-ring (bicyclic) bond motifs is 1. The third kappa shape index (κ3) is 10.7. The van der Waals surface area contributed by atoms with Crippen molar-refractivity contribution in [2.45, 2.75) is 147 Å². The van der Waals surface area contributed by atoms with Crippen LogP contribution in [0.3, 0.4) is 0 Å². The standard InChI is InChI=1S/C39H56FN5O5Si/c1-8-10-11-12-13-14-15-16-17-18-22-25-31(46)42-34-33-35(44-37(40)43-34)45(28-41-33)32-26-30(50-51(6,7)38(3,4)5)39(9-2,49-32)27-48-36(47)29-23-20-19-21-24-29/h2,19-21,23-24,28,30,32H,8,10-18,22,25-27H2,1,3-7H3,(H,42,43,44,46)/t30-,32+,39+/m0/s1. The van der Waals surface area contributed by atoms with Gasteiger partial charge in [-0.3, -0.25) is 9.36 Å². The molecule has 0 aliphatic carbocycles. The topological polar surface area (TPSA) is 117 Å². The van der Waals surface area contributed by atoms with Crippen molar-refractivity contribution in [2.75, 3.05) is 11.9 Å². The van der Waals surface area contributed by atoms with Crippen LogP contribution in [0.15, 0.2) is 36.7 Å². The monoisotopic (exact) mass is 721 g/mol. The Hall–Kier alpha value is -3.66. The highest BCUT2D eigenvalue weighted by Gasteiger charge is 2.54. The number of esters is 1. The smallest absolute Gasteiger partial charge is 0.338 e. The lowest BCUT2D eigenvalue weighted by Gasteiger charge is -2.41. The normalized spacial score (nSPS) is 19.3. The first kappa shape index (κ1) is 40.1. The van der Waals surface area contributed by atoms with Crippen molar-refractivity contribution in [1.82, 2.24) is 19.5 Å².